The predicted octanol–water partition coefficient (Wildman–Crippen LogP) is -0.300. The third-order valence-electron chi connectivity index (χ3n) is 2.81. The lowest BCUT2D eigenvalue weighted by molar-refractivity contribution is 0.188. The van der Waals surface area contributed by atoms with Crippen molar-refractivity contribution in [1.82, 2.24) is 14.9 Å². The fraction of sp³-hybridized carbons (Fsp3) is 0.636. The second-order valence-electron chi connectivity index (χ2n) is 3.95. The first-order chi connectivity index (χ1) is 7.79. The molecule has 0 bridgehead atoms. The average molecular weight is 221 g/mol. The lowest BCUT2D eigenvalue weighted by Gasteiger charge is -2.34. The highest BCUT2D eigenvalue weighted by Gasteiger charge is 2.17. The Morgan fingerprint density at radius 2 is 2.12 bits per heavy atom. The monoisotopic (exact) mass is 221 g/mol. The van der Waals surface area contributed by atoms with Crippen LogP contribution < -0.4 is 4.90 Å². The number of aliphatic hydroxyl groups excluding tert-OH is 1. The molecule has 1 saturated heterocycles. The Kier molecular flexibility index (Phi) is 3.69. The van der Waals surface area contributed by atoms with E-state index in [0.29, 0.717) is 0 Å². The van der Waals surface area contributed by atoms with Crippen LogP contribution in [0.25, 0.3) is 0 Å². The summed E-state index contributed by atoms with van der Waals surface area (Å²) in [6, 6.07) is 1.83. The number of aromatic nitrogens is 2. The van der Waals surface area contributed by atoms with Gasteiger partial charge in [0, 0.05) is 38.8 Å². The van der Waals surface area contributed by atoms with E-state index in [-0.39, 0.29) is 6.61 Å². The topological polar surface area (TPSA) is 52.5 Å². The van der Waals surface area contributed by atoms with Crippen LogP contribution in [0.2, 0.25) is 0 Å². The molecule has 1 aromatic heterocycles. The van der Waals surface area contributed by atoms with Crippen LogP contribution >= 0.6 is 0 Å². The molecule has 0 aliphatic carbocycles. The molecule has 0 atom stereocenters. The number of hydrogen-bond acceptors (Lipinski definition) is 5. The van der Waals surface area contributed by atoms with Crippen LogP contribution in [0.1, 0.15) is 5.82 Å². The van der Waals surface area contributed by atoms with Crippen LogP contribution in [0.3, 0.4) is 0 Å². The van der Waals surface area contributed by atoms with Crippen LogP contribution in [-0.2, 0) is 0 Å². The van der Waals surface area contributed by atoms with Crippen molar-refractivity contribution in [2.24, 2.45) is 0 Å². The fourth-order valence-corrected chi connectivity index (χ4v) is 1.91. The molecular weight excluding hydrogens is 204 g/mol. The van der Waals surface area contributed by atoms with Crippen LogP contribution in [-0.4, -0.2) is 59.3 Å². The molecular formula is C11H17N4O. The van der Waals surface area contributed by atoms with Crippen LogP contribution in [0.4, 0.5) is 5.82 Å². The van der Waals surface area contributed by atoms with E-state index >= 15 is 0 Å². The minimum Gasteiger partial charge on any atom is -0.395 e. The Labute approximate surface area is 95.7 Å². The highest BCUT2D eigenvalue weighted by Crippen LogP contribution is 2.12. The van der Waals surface area contributed by atoms with Gasteiger partial charge >= 0.3 is 0 Å². The summed E-state index contributed by atoms with van der Waals surface area (Å²) in [4.78, 5) is 12.8. The van der Waals surface area contributed by atoms with Crippen molar-refractivity contribution in [3.8, 4) is 0 Å². The summed E-state index contributed by atoms with van der Waals surface area (Å²) >= 11 is 0. The average Bonchev–Trinajstić information content (AvgIpc) is 2.30. The van der Waals surface area contributed by atoms with Crippen LogP contribution in [0.15, 0.2) is 6.07 Å². The second-order valence-corrected chi connectivity index (χ2v) is 3.95. The highest BCUT2D eigenvalue weighted by molar-refractivity contribution is 5.37. The molecule has 1 radical (unpaired) electrons. The molecule has 0 unspecified atom stereocenters. The van der Waals surface area contributed by atoms with Gasteiger partial charge in [-0.3, -0.25) is 4.90 Å². The van der Waals surface area contributed by atoms with E-state index in [9.17, 15) is 0 Å². The zero-order valence-corrected chi connectivity index (χ0v) is 9.56. The second kappa shape index (κ2) is 5.23. The number of nitrogens with zero attached hydrogens (tertiary/aromatic N) is 4. The molecule has 87 valence electrons. The van der Waals surface area contributed by atoms with E-state index in [1.165, 1.54) is 0 Å². The van der Waals surface area contributed by atoms with Crippen molar-refractivity contribution in [3.05, 3.63) is 18.1 Å². The van der Waals surface area contributed by atoms with Gasteiger partial charge in [-0.05, 0) is 6.92 Å². The Bertz CT molecular complexity index is 337. The van der Waals surface area contributed by atoms with Gasteiger partial charge in [-0.1, -0.05) is 0 Å². The number of aliphatic hydroxyl groups is 1. The smallest absolute Gasteiger partial charge is 0.133 e. The van der Waals surface area contributed by atoms with E-state index in [4.69, 9.17) is 5.11 Å². The molecule has 5 nitrogen and oxygen atoms in total. The van der Waals surface area contributed by atoms with Crippen molar-refractivity contribution in [3.63, 3.8) is 0 Å². The molecule has 0 aromatic carbocycles. The summed E-state index contributed by atoms with van der Waals surface area (Å²) in [7, 11) is 0. The van der Waals surface area contributed by atoms with Crippen molar-refractivity contribution in [2.75, 3.05) is 44.2 Å². The van der Waals surface area contributed by atoms with E-state index in [1.807, 2.05) is 13.0 Å². The first-order valence-electron chi connectivity index (χ1n) is 5.59. The van der Waals surface area contributed by atoms with Gasteiger partial charge in [0.2, 0.25) is 0 Å². The number of piperazine rings is 1. The van der Waals surface area contributed by atoms with Crippen LogP contribution in [0.5, 0.6) is 0 Å². The van der Waals surface area contributed by atoms with Gasteiger partial charge in [-0.2, -0.15) is 0 Å². The van der Waals surface area contributed by atoms with Gasteiger partial charge in [-0.25, -0.2) is 9.97 Å². The summed E-state index contributed by atoms with van der Waals surface area (Å²) in [6.45, 7) is 6.73. The lowest BCUT2D eigenvalue weighted by Crippen LogP contribution is -2.47. The Hall–Kier alpha value is -1.20. The van der Waals surface area contributed by atoms with Gasteiger partial charge < -0.3 is 10.0 Å². The third-order valence-corrected chi connectivity index (χ3v) is 2.81. The molecule has 1 aliphatic heterocycles. The first kappa shape index (κ1) is 11.3. The molecule has 1 fully saturated rings. The van der Waals surface area contributed by atoms with E-state index in [0.717, 1.165) is 44.4 Å². The molecule has 1 N–H and O–H groups in total. The summed E-state index contributed by atoms with van der Waals surface area (Å²) in [5.74, 6) is 1.71. The maximum Gasteiger partial charge on any atom is 0.133 e. The number of rotatable bonds is 3. The summed E-state index contributed by atoms with van der Waals surface area (Å²) in [5, 5.41) is 8.86. The SMILES string of the molecule is Cc1n[c]cc(N2CCN(CCO)CC2)n1. The molecule has 5 heteroatoms. The lowest BCUT2D eigenvalue weighted by atomic mass is 10.3. The maximum atomic E-state index is 8.86. The number of β-amino-alcohol motifs (C(OH)–C–C–N with tert-alkyl or cyclic N) is 1. The zero-order valence-electron chi connectivity index (χ0n) is 9.56. The predicted molar refractivity (Wildman–Crippen MR) is 61.3 cm³/mol. The van der Waals surface area contributed by atoms with Crippen molar-refractivity contribution in [2.45, 2.75) is 6.92 Å². The van der Waals surface area contributed by atoms with E-state index < -0.39 is 0 Å². The third kappa shape index (κ3) is 2.68. The van der Waals surface area contributed by atoms with Crippen molar-refractivity contribution >= 4 is 5.82 Å². The standard InChI is InChI=1S/C11H17N4O/c1-10-12-3-2-11(13-10)15-6-4-14(5-7-15)8-9-16/h2,16H,4-9H2,1H3. The number of anilines is 1. The number of aryl methyl sites for hydroxylation is 1. The van der Waals surface area contributed by atoms with E-state index in [2.05, 4.69) is 26.0 Å². The normalized spacial score (nSPS) is 17.8. The zero-order chi connectivity index (χ0) is 11.4. The number of hydrogen-bond donors (Lipinski definition) is 1. The highest BCUT2D eigenvalue weighted by atomic mass is 16.3. The quantitative estimate of drug-likeness (QED) is 0.759. The minimum atomic E-state index is 0.237. The fourth-order valence-electron chi connectivity index (χ4n) is 1.91. The molecule has 1 aromatic rings. The minimum absolute atomic E-state index is 0.237. The largest absolute Gasteiger partial charge is 0.395 e. The molecule has 16 heavy (non-hydrogen) atoms. The first-order valence-corrected chi connectivity index (χ1v) is 5.59. The molecule has 0 spiro atoms. The molecule has 2 heterocycles. The Balaban J connectivity index is 1.94. The van der Waals surface area contributed by atoms with Crippen LogP contribution in [0, 0.1) is 13.1 Å². The molecule has 1 aliphatic rings. The van der Waals surface area contributed by atoms with Crippen molar-refractivity contribution < 1.29 is 5.11 Å². The Morgan fingerprint density at radius 1 is 1.38 bits per heavy atom. The Morgan fingerprint density at radius 3 is 2.75 bits per heavy atom. The van der Waals surface area contributed by atoms with Gasteiger partial charge in [0.1, 0.15) is 11.6 Å². The van der Waals surface area contributed by atoms with Gasteiger partial charge in [0.05, 0.1) is 12.8 Å². The maximum absolute atomic E-state index is 8.86. The van der Waals surface area contributed by atoms with Gasteiger partial charge in [-0.15, -0.1) is 0 Å². The summed E-state index contributed by atoms with van der Waals surface area (Å²) in [6.07, 6.45) is 2.86. The summed E-state index contributed by atoms with van der Waals surface area (Å²) < 4.78 is 0. The molecule has 0 saturated carbocycles. The summed E-state index contributed by atoms with van der Waals surface area (Å²) in [5.41, 5.74) is 0. The molecule has 0 amide bonds. The van der Waals surface area contributed by atoms with Gasteiger partial charge in [0.15, 0.2) is 0 Å². The van der Waals surface area contributed by atoms with Crippen molar-refractivity contribution in [1.29, 1.82) is 0 Å². The van der Waals surface area contributed by atoms with E-state index in [1.54, 1.807) is 0 Å². The van der Waals surface area contributed by atoms with Gasteiger partial charge in [0.25, 0.3) is 0 Å². The molecule has 2 rings (SSSR count).